The van der Waals surface area contributed by atoms with Gasteiger partial charge in [-0.05, 0) is 18.2 Å². The summed E-state index contributed by atoms with van der Waals surface area (Å²) in [6.45, 7) is 0.650. The average molecular weight is 297 g/mol. The summed E-state index contributed by atoms with van der Waals surface area (Å²) in [5, 5.41) is 15.8. The number of nitrogens with zero attached hydrogens (tertiary/aromatic N) is 5. The van der Waals surface area contributed by atoms with Crippen molar-refractivity contribution in [3.63, 3.8) is 0 Å². The first-order chi connectivity index (χ1) is 10.6. The first-order valence-electron chi connectivity index (χ1n) is 6.77. The molecule has 3 aromatic rings. The predicted molar refractivity (Wildman–Crippen MR) is 83.7 cm³/mol. The molecule has 0 saturated heterocycles. The highest BCUT2D eigenvalue weighted by molar-refractivity contribution is 5.96. The Morgan fingerprint density at radius 1 is 1.36 bits per heavy atom. The predicted octanol–water partition coefficient (Wildman–Crippen LogP) is 2.51. The summed E-state index contributed by atoms with van der Waals surface area (Å²) in [5.74, 6) is 0. The van der Waals surface area contributed by atoms with Gasteiger partial charge in [-0.25, -0.2) is 0 Å². The molecule has 0 aliphatic carbocycles. The third-order valence-electron chi connectivity index (χ3n) is 3.51. The lowest BCUT2D eigenvalue weighted by atomic mass is 10.1. The molecule has 0 saturated carbocycles. The molecule has 7 heteroatoms. The minimum Gasteiger partial charge on any atom is -0.368 e. The van der Waals surface area contributed by atoms with Crippen molar-refractivity contribution in [1.82, 2.24) is 14.8 Å². The topological polar surface area (TPSA) is 77.1 Å². The molecule has 2 heterocycles. The number of nitro benzene ring substituents is 1. The van der Waals surface area contributed by atoms with Gasteiger partial charge in [0.1, 0.15) is 5.52 Å². The van der Waals surface area contributed by atoms with Gasteiger partial charge in [0.25, 0.3) is 5.69 Å². The van der Waals surface area contributed by atoms with E-state index in [4.69, 9.17) is 0 Å². The molecule has 0 bridgehead atoms. The summed E-state index contributed by atoms with van der Waals surface area (Å²) in [6.07, 6.45) is 5.39. The van der Waals surface area contributed by atoms with Crippen LogP contribution in [0.1, 0.15) is 5.56 Å². The Balaban J connectivity index is 2.03. The number of anilines is 1. The Labute approximate surface area is 127 Å². The highest BCUT2D eigenvalue weighted by Crippen LogP contribution is 2.31. The molecule has 22 heavy (non-hydrogen) atoms. The lowest BCUT2D eigenvalue weighted by Crippen LogP contribution is -2.16. The number of aryl methyl sites for hydroxylation is 1. The summed E-state index contributed by atoms with van der Waals surface area (Å²) in [5.41, 5.74) is 2.61. The zero-order chi connectivity index (χ0) is 15.7. The van der Waals surface area contributed by atoms with Crippen LogP contribution in [-0.2, 0) is 13.6 Å². The lowest BCUT2D eigenvalue weighted by Gasteiger charge is -2.19. The molecular formula is C15H15N5O2. The van der Waals surface area contributed by atoms with E-state index >= 15 is 0 Å². The molecule has 2 aromatic heterocycles. The van der Waals surface area contributed by atoms with Crippen molar-refractivity contribution in [3.05, 3.63) is 58.5 Å². The zero-order valence-corrected chi connectivity index (χ0v) is 12.3. The maximum Gasteiger partial charge on any atom is 0.278 e. The largest absolute Gasteiger partial charge is 0.368 e. The Kier molecular flexibility index (Phi) is 3.46. The van der Waals surface area contributed by atoms with Crippen LogP contribution in [0.5, 0.6) is 0 Å². The third kappa shape index (κ3) is 2.48. The number of non-ortho nitro benzene ring substituents is 1. The van der Waals surface area contributed by atoms with E-state index in [0.717, 1.165) is 11.3 Å². The molecule has 0 atom stereocenters. The van der Waals surface area contributed by atoms with Crippen molar-refractivity contribution in [1.29, 1.82) is 0 Å². The van der Waals surface area contributed by atoms with E-state index in [0.29, 0.717) is 17.4 Å². The summed E-state index contributed by atoms with van der Waals surface area (Å²) in [7, 11) is 3.80. The maximum absolute atomic E-state index is 11.1. The molecule has 3 rings (SSSR count). The van der Waals surface area contributed by atoms with E-state index in [2.05, 4.69) is 10.1 Å². The fourth-order valence-electron chi connectivity index (χ4n) is 2.52. The molecule has 0 spiro atoms. The van der Waals surface area contributed by atoms with Gasteiger partial charge in [0, 0.05) is 44.7 Å². The SMILES string of the molecule is CN(Cc1cnn(C)c1)c1ccc([N+](=O)[O-])c2cccnc12. The number of aromatic nitrogens is 3. The van der Waals surface area contributed by atoms with Gasteiger partial charge >= 0.3 is 0 Å². The van der Waals surface area contributed by atoms with Crippen LogP contribution < -0.4 is 4.90 Å². The number of benzene rings is 1. The van der Waals surface area contributed by atoms with Crippen molar-refractivity contribution in [2.24, 2.45) is 7.05 Å². The number of pyridine rings is 1. The van der Waals surface area contributed by atoms with E-state index in [1.165, 1.54) is 6.07 Å². The first-order valence-corrected chi connectivity index (χ1v) is 6.77. The third-order valence-corrected chi connectivity index (χ3v) is 3.51. The fraction of sp³-hybridized carbons (Fsp3) is 0.200. The van der Waals surface area contributed by atoms with Crippen molar-refractivity contribution in [2.75, 3.05) is 11.9 Å². The molecule has 112 valence electrons. The Hall–Kier alpha value is -2.96. The standard InChI is InChI=1S/C15H15N5O2/c1-18(9-11-8-17-19(2)10-11)14-6-5-13(20(21)22)12-4-3-7-16-15(12)14/h3-8,10H,9H2,1-2H3. The van der Waals surface area contributed by atoms with Crippen molar-refractivity contribution < 1.29 is 4.92 Å². The monoisotopic (exact) mass is 297 g/mol. The number of fused-ring (bicyclic) bond motifs is 1. The number of rotatable bonds is 4. The Morgan fingerprint density at radius 3 is 2.86 bits per heavy atom. The van der Waals surface area contributed by atoms with Gasteiger partial charge in [0.2, 0.25) is 0 Å². The molecule has 0 aliphatic heterocycles. The van der Waals surface area contributed by atoms with Crippen LogP contribution >= 0.6 is 0 Å². The van der Waals surface area contributed by atoms with Crippen LogP contribution in [0.3, 0.4) is 0 Å². The van der Waals surface area contributed by atoms with Crippen LogP contribution in [0.15, 0.2) is 42.9 Å². The average Bonchev–Trinajstić information content (AvgIpc) is 2.90. The Morgan fingerprint density at radius 2 is 2.18 bits per heavy atom. The highest BCUT2D eigenvalue weighted by Gasteiger charge is 2.17. The van der Waals surface area contributed by atoms with E-state index < -0.39 is 0 Å². The van der Waals surface area contributed by atoms with Crippen LogP contribution in [0.25, 0.3) is 10.9 Å². The smallest absolute Gasteiger partial charge is 0.278 e. The molecule has 7 nitrogen and oxygen atoms in total. The second kappa shape index (κ2) is 5.44. The van der Waals surface area contributed by atoms with Crippen molar-refractivity contribution in [2.45, 2.75) is 6.54 Å². The molecule has 0 radical (unpaired) electrons. The number of hydrogen-bond donors (Lipinski definition) is 0. The van der Waals surface area contributed by atoms with Crippen LogP contribution in [0.4, 0.5) is 11.4 Å². The van der Waals surface area contributed by atoms with Crippen LogP contribution in [-0.4, -0.2) is 26.7 Å². The molecule has 0 amide bonds. The van der Waals surface area contributed by atoms with E-state index in [9.17, 15) is 10.1 Å². The summed E-state index contributed by atoms with van der Waals surface area (Å²) in [6, 6.07) is 6.70. The van der Waals surface area contributed by atoms with Gasteiger partial charge in [-0.2, -0.15) is 5.10 Å². The minimum absolute atomic E-state index is 0.0710. The van der Waals surface area contributed by atoms with Gasteiger partial charge in [0.15, 0.2) is 0 Å². The van der Waals surface area contributed by atoms with Crippen molar-refractivity contribution >= 4 is 22.3 Å². The fourth-order valence-corrected chi connectivity index (χ4v) is 2.52. The highest BCUT2D eigenvalue weighted by atomic mass is 16.6. The molecule has 0 fully saturated rings. The number of hydrogen-bond acceptors (Lipinski definition) is 5. The van der Waals surface area contributed by atoms with Crippen LogP contribution in [0.2, 0.25) is 0 Å². The molecule has 0 N–H and O–H groups in total. The maximum atomic E-state index is 11.1. The lowest BCUT2D eigenvalue weighted by molar-refractivity contribution is -0.383. The molecular weight excluding hydrogens is 282 g/mol. The minimum atomic E-state index is -0.380. The first kappa shape index (κ1) is 14.0. The van der Waals surface area contributed by atoms with Crippen molar-refractivity contribution in [3.8, 4) is 0 Å². The molecule has 1 aromatic carbocycles. The van der Waals surface area contributed by atoms with E-state index in [1.54, 1.807) is 35.3 Å². The number of nitro groups is 1. The second-order valence-corrected chi connectivity index (χ2v) is 5.14. The molecule has 0 unspecified atom stereocenters. The quantitative estimate of drug-likeness (QED) is 0.546. The van der Waals surface area contributed by atoms with Gasteiger partial charge in [-0.15, -0.1) is 0 Å². The summed E-state index contributed by atoms with van der Waals surface area (Å²) >= 11 is 0. The van der Waals surface area contributed by atoms with Crippen LogP contribution in [0, 0.1) is 10.1 Å². The van der Waals surface area contributed by atoms with Gasteiger partial charge < -0.3 is 4.90 Å². The summed E-state index contributed by atoms with van der Waals surface area (Å²) < 4.78 is 1.75. The Bertz CT molecular complexity index is 843. The van der Waals surface area contributed by atoms with Gasteiger partial charge in [0.05, 0.1) is 22.2 Å². The van der Waals surface area contributed by atoms with Gasteiger partial charge in [-0.1, -0.05) is 0 Å². The van der Waals surface area contributed by atoms with Gasteiger partial charge in [-0.3, -0.25) is 19.8 Å². The van der Waals surface area contributed by atoms with E-state index in [-0.39, 0.29) is 10.6 Å². The van der Waals surface area contributed by atoms with E-state index in [1.807, 2.05) is 25.2 Å². The molecule has 0 aliphatic rings. The summed E-state index contributed by atoms with van der Waals surface area (Å²) in [4.78, 5) is 17.1. The zero-order valence-electron chi connectivity index (χ0n) is 12.3. The normalized spacial score (nSPS) is 10.8. The second-order valence-electron chi connectivity index (χ2n) is 5.14.